The monoisotopic (exact) mass is 369 g/mol. The van der Waals surface area contributed by atoms with Gasteiger partial charge in [-0.25, -0.2) is 8.78 Å². The standard InChI is InChI=1S/C16H14ClF2N3O3/c17-13-9(18)1-2-10-12(13)14(19)15(20-10)16(24)21-3-4-22-8(5-21)6-25-7-11(22)23/h1-2,8,20H,3-7H2/t8-/m1/s1. The summed E-state index contributed by atoms with van der Waals surface area (Å²) in [5, 5.41) is -0.499. The van der Waals surface area contributed by atoms with Gasteiger partial charge in [-0.05, 0) is 12.1 Å². The van der Waals surface area contributed by atoms with E-state index in [1.54, 1.807) is 4.90 Å². The highest BCUT2D eigenvalue weighted by molar-refractivity contribution is 6.35. The minimum Gasteiger partial charge on any atom is -0.369 e. The van der Waals surface area contributed by atoms with Gasteiger partial charge in [-0.3, -0.25) is 9.59 Å². The minimum absolute atomic E-state index is 0.0468. The van der Waals surface area contributed by atoms with E-state index in [2.05, 4.69) is 4.98 Å². The molecule has 1 aromatic heterocycles. The van der Waals surface area contributed by atoms with Crippen molar-refractivity contribution in [1.82, 2.24) is 14.8 Å². The maximum Gasteiger partial charge on any atom is 0.273 e. The van der Waals surface area contributed by atoms with E-state index in [-0.39, 0.29) is 53.3 Å². The number of piperazine rings is 1. The average Bonchev–Trinajstić information content (AvgIpc) is 2.95. The highest BCUT2D eigenvalue weighted by atomic mass is 35.5. The number of hydrogen-bond donors (Lipinski definition) is 1. The quantitative estimate of drug-likeness (QED) is 0.833. The van der Waals surface area contributed by atoms with Crippen LogP contribution in [0.5, 0.6) is 0 Å². The summed E-state index contributed by atoms with van der Waals surface area (Å²) in [6.45, 7) is 1.29. The Morgan fingerprint density at radius 3 is 2.92 bits per heavy atom. The van der Waals surface area contributed by atoms with Crippen molar-refractivity contribution in [3.8, 4) is 0 Å². The van der Waals surface area contributed by atoms with Gasteiger partial charge in [0.2, 0.25) is 5.91 Å². The highest BCUT2D eigenvalue weighted by Gasteiger charge is 2.36. The third-order valence-electron chi connectivity index (χ3n) is 4.63. The summed E-state index contributed by atoms with van der Waals surface area (Å²) in [6.07, 6.45) is 0. The fourth-order valence-electron chi connectivity index (χ4n) is 3.37. The number of benzene rings is 1. The van der Waals surface area contributed by atoms with E-state index in [9.17, 15) is 18.4 Å². The number of H-pyrrole nitrogens is 1. The van der Waals surface area contributed by atoms with Crippen LogP contribution < -0.4 is 0 Å². The largest absolute Gasteiger partial charge is 0.369 e. The van der Waals surface area contributed by atoms with Gasteiger partial charge in [0.25, 0.3) is 5.91 Å². The van der Waals surface area contributed by atoms with Crippen LogP contribution in [0.15, 0.2) is 12.1 Å². The zero-order valence-corrected chi connectivity index (χ0v) is 13.8. The number of fused-ring (bicyclic) bond motifs is 2. The van der Waals surface area contributed by atoms with Crippen LogP contribution in [0.3, 0.4) is 0 Å². The van der Waals surface area contributed by atoms with Crippen LogP contribution in [0.4, 0.5) is 8.78 Å². The summed E-state index contributed by atoms with van der Waals surface area (Å²) in [5.41, 5.74) is -0.0129. The Bertz CT molecular complexity index is 885. The molecule has 9 heteroatoms. The Kier molecular flexibility index (Phi) is 3.88. The fraction of sp³-hybridized carbons (Fsp3) is 0.375. The normalized spacial score (nSPS) is 20.9. The van der Waals surface area contributed by atoms with E-state index in [1.807, 2.05) is 0 Å². The maximum absolute atomic E-state index is 14.7. The molecule has 2 aliphatic rings. The number of morpholine rings is 1. The number of aromatic amines is 1. The van der Waals surface area contributed by atoms with Gasteiger partial charge in [-0.2, -0.15) is 0 Å². The van der Waals surface area contributed by atoms with Crippen LogP contribution in [-0.4, -0.2) is 65.5 Å². The Hall–Kier alpha value is -2.19. The molecule has 25 heavy (non-hydrogen) atoms. The molecule has 6 nitrogen and oxygen atoms in total. The van der Waals surface area contributed by atoms with E-state index in [0.29, 0.717) is 13.2 Å². The third kappa shape index (κ3) is 2.56. The predicted molar refractivity (Wildman–Crippen MR) is 85.4 cm³/mol. The Labute approximate surface area is 146 Å². The second-order valence-electron chi connectivity index (χ2n) is 6.11. The molecule has 0 saturated carbocycles. The number of ether oxygens (including phenoxy) is 1. The summed E-state index contributed by atoms with van der Waals surface area (Å²) in [5.74, 6) is -2.29. The fourth-order valence-corrected chi connectivity index (χ4v) is 3.61. The predicted octanol–water partition coefficient (Wildman–Crippen LogP) is 1.78. The molecule has 0 bridgehead atoms. The van der Waals surface area contributed by atoms with Gasteiger partial charge in [0.15, 0.2) is 5.82 Å². The molecule has 132 valence electrons. The van der Waals surface area contributed by atoms with Crippen LogP contribution in [0.2, 0.25) is 5.02 Å². The molecule has 0 radical (unpaired) electrons. The van der Waals surface area contributed by atoms with E-state index in [4.69, 9.17) is 16.3 Å². The molecule has 2 aliphatic heterocycles. The van der Waals surface area contributed by atoms with Gasteiger partial charge in [0.1, 0.15) is 18.1 Å². The van der Waals surface area contributed by atoms with E-state index in [1.165, 1.54) is 11.0 Å². The zero-order valence-electron chi connectivity index (χ0n) is 13.0. The van der Waals surface area contributed by atoms with E-state index < -0.39 is 17.5 Å². The molecule has 0 aliphatic carbocycles. The SMILES string of the molecule is O=C(c1[nH]c2ccc(F)c(Cl)c2c1F)N1CCN2C(=O)COC[C@H]2C1. The number of nitrogens with zero attached hydrogens (tertiary/aromatic N) is 2. The number of aromatic nitrogens is 1. The molecule has 2 aromatic rings. The van der Waals surface area contributed by atoms with Gasteiger partial charge >= 0.3 is 0 Å². The lowest BCUT2D eigenvalue weighted by Crippen LogP contribution is -2.61. The highest BCUT2D eigenvalue weighted by Crippen LogP contribution is 2.31. The first kappa shape index (κ1) is 16.3. The number of halogens is 3. The minimum atomic E-state index is -0.872. The Morgan fingerprint density at radius 2 is 2.12 bits per heavy atom. The van der Waals surface area contributed by atoms with Crippen LogP contribution in [0, 0.1) is 11.6 Å². The lowest BCUT2D eigenvalue weighted by atomic mass is 10.1. The summed E-state index contributed by atoms with van der Waals surface area (Å²) < 4.78 is 33.4. The number of amides is 2. The van der Waals surface area contributed by atoms with Gasteiger partial charge in [0, 0.05) is 19.6 Å². The molecule has 4 rings (SSSR count). The molecule has 1 atom stereocenters. The molecule has 2 saturated heterocycles. The van der Waals surface area contributed by atoms with Crippen molar-refractivity contribution in [1.29, 1.82) is 0 Å². The van der Waals surface area contributed by atoms with Crippen molar-refractivity contribution in [2.75, 3.05) is 32.8 Å². The molecule has 0 spiro atoms. The molecule has 0 unspecified atom stereocenters. The average molecular weight is 370 g/mol. The van der Waals surface area contributed by atoms with Crippen LogP contribution in [0.1, 0.15) is 10.5 Å². The second-order valence-corrected chi connectivity index (χ2v) is 6.48. The first-order valence-electron chi connectivity index (χ1n) is 7.79. The molecule has 2 fully saturated rings. The molecular weight excluding hydrogens is 356 g/mol. The number of nitrogens with one attached hydrogen (secondary N) is 1. The summed E-state index contributed by atoms with van der Waals surface area (Å²) in [7, 11) is 0. The zero-order chi connectivity index (χ0) is 17.7. The van der Waals surface area contributed by atoms with Crippen molar-refractivity contribution in [2.45, 2.75) is 6.04 Å². The van der Waals surface area contributed by atoms with Crippen molar-refractivity contribution >= 4 is 34.3 Å². The van der Waals surface area contributed by atoms with Crippen LogP contribution in [-0.2, 0) is 9.53 Å². The topological polar surface area (TPSA) is 65.6 Å². The van der Waals surface area contributed by atoms with Crippen molar-refractivity contribution in [2.24, 2.45) is 0 Å². The maximum atomic E-state index is 14.7. The van der Waals surface area contributed by atoms with Crippen molar-refractivity contribution in [3.05, 3.63) is 34.5 Å². The van der Waals surface area contributed by atoms with Gasteiger partial charge < -0.3 is 19.5 Å². The first-order valence-corrected chi connectivity index (χ1v) is 8.17. The summed E-state index contributed by atoms with van der Waals surface area (Å²) in [4.78, 5) is 30.3. The number of rotatable bonds is 1. The van der Waals surface area contributed by atoms with Crippen LogP contribution >= 0.6 is 11.6 Å². The molecule has 1 N–H and O–H groups in total. The second kappa shape index (κ2) is 5.96. The lowest BCUT2D eigenvalue weighted by molar-refractivity contribution is -0.151. The van der Waals surface area contributed by atoms with Gasteiger partial charge in [0.05, 0.1) is 28.6 Å². The Morgan fingerprint density at radius 1 is 1.32 bits per heavy atom. The first-order chi connectivity index (χ1) is 12.0. The van der Waals surface area contributed by atoms with Crippen molar-refractivity contribution < 1.29 is 23.1 Å². The number of carbonyl (C=O) groups excluding carboxylic acids is 2. The number of hydrogen-bond acceptors (Lipinski definition) is 3. The van der Waals surface area contributed by atoms with Gasteiger partial charge in [-0.15, -0.1) is 0 Å². The van der Waals surface area contributed by atoms with Crippen molar-refractivity contribution in [3.63, 3.8) is 0 Å². The lowest BCUT2D eigenvalue weighted by Gasteiger charge is -2.43. The smallest absolute Gasteiger partial charge is 0.273 e. The summed E-state index contributed by atoms with van der Waals surface area (Å²) in [6, 6.07) is 2.20. The molecular formula is C16H14ClF2N3O3. The molecule has 1 aromatic carbocycles. The molecule has 2 amide bonds. The molecule has 3 heterocycles. The Balaban J connectivity index is 1.63. The van der Waals surface area contributed by atoms with E-state index in [0.717, 1.165) is 6.07 Å². The van der Waals surface area contributed by atoms with Gasteiger partial charge in [-0.1, -0.05) is 11.6 Å². The number of carbonyl (C=O) groups is 2. The van der Waals surface area contributed by atoms with E-state index >= 15 is 0 Å². The third-order valence-corrected chi connectivity index (χ3v) is 5.00. The summed E-state index contributed by atoms with van der Waals surface area (Å²) >= 11 is 5.82. The van der Waals surface area contributed by atoms with Crippen LogP contribution in [0.25, 0.3) is 10.9 Å².